The number of rotatable bonds is 5. The number of anilines is 1. The van der Waals surface area contributed by atoms with Crippen LogP contribution in [0.1, 0.15) is 31.5 Å². The zero-order valence-corrected chi connectivity index (χ0v) is 19.2. The molecule has 1 amide bonds. The molecule has 174 valence electrons. The largest absolute Gasteiger partial charge is 0.486 e. The number of ether oxygens (including phenoxy) is 1. The molecule has 1 aliphatic heterocycles. The van der Waals surface area contributed by atoms with Crippen LogP contribution in [0, 0.1) is 5.92 Å². The van der Waals surface area contributed by atoms with Crippen molar-refractivity contribution in [3.05, 3.63) is 73.2 Å². The van der Waals surface area contributed by atoms with Gasteiger partial charge >= 0.3 is 0 Å². The molecule has 5 rings (SSSR count). The fraction of sp³-hybridized carbons (Fsp3) is 0.308. The molecular formula is C26H28N6O2. The molecule has 2 unspecified atom stereocenters. The summed E-state index contributed by atoms with van der Waals surface area (Å²) in [5.41, 5.74) is 8.70. The van der Waals surface area contributed by atoms with E-state index in [0.29, 0.717) is 18.0 Å². The van der Waals surface area contributed by atoms with Crippen molar-refractivity contribution in [2.75, 3.05) is 18.8 Å². The second-order valence-corrected chi connectivity index (χ2v) is 8.77. The van der Waals surface area contributed by atoms with Gasteiger partial charge in [-0.1, -0.05) is 43.9 Å². The van der Waals surface area contributed by atoms with Gasteiger partial charge in [-0.05, 0) is 42.7 Å². The van der Waals surface area contributed by atoms with Crippen molar-refractivity contribution >= 4 is 28.3 Å². The number of carbonyl (C=O) groups is 1. The first-order valence-corrected chi connectivity index (χ1v) is 11.6. The van der Waals surface area contributed by atoms with E-state index >= 15 is 0 Å². The highest BCUT2D eigenvalue weighted by atomic mass is 16.5. The first-order chi connectivity index (χ1) is 16.5. The van der Waals surface area contributed by atoms with Crippen LogP contribution in [-0.2, 0) is 4.79 Å². The molecule has 0 spiro atoms. The standard InChI is InChI=1S/C26H28N6O2/c1-3-22(33)31-13-7-8-19(15-31)32-26-23(25(27)28-16-29-26)24(30-32)18-11-12-21(17(2)14-18)34-20-9-5-4-6-10-20/h3-6,9-12,14,16-17,19,21H,1,7-8,13,15H2,2H3,(H2,27,28,29)/t17?,19-,21?/m1/s1. The second-order valence-electron chi connectivity index (χ2n) is 8.77. The summed E-state index contributed by atoms with van der Waals surface area (Å²) in [5.74, 6) is 1.29. The van der Waals surface area contributed by atoms with Crippen molar-refractivity contribution in [2.45, 2.75) is 31.9 Å². The number of nitrogens with zero attached hydrogens (tertiary/aromatic N) is 5. The highest BCUT2D eigenvalue weighted by Crippen LogP contribution is 2.35. The monoisotopic (exact) mass is 456 g/mol. The van der Waals surface area contributed by atoms with Gasteiger partial charge in [-0.3, -0.25) is 4.79 Å². The third-order valence-corrected chi connectivity index (χ3v) is 6.46. The van der Waals surface area contributed by atoms with Crippen LogP contribution in [-0.4, -0.2) is 49.7 Å². The molecule has 3 aromatic rings. The number of aromatic nitrogens is 4. The summed E-state index contributed by atoms with van der Waals surface area (Å²) >= 11 is 0. The zero-order valence-electron chi connectivity index (χ0n) is 19.2. The minimum absolute atomic E-state index is 0.00274. The summed E-state index contributed by atoms with van der Waals surface area (Å²) in [4.78, 5) is 22.8. The van der Waals surface area contributed by atoms with E-state index in [0.717, 1.165) is 41.8 Å². The summed E-state index contributed by atoms with van der Waals surface area (Å²) < 4.78 is 8.07. The molecule has 8 heteroatoms. The molecule has 0 radical (unpaired) electrons. The number of piperidine rings is 1. The molecule has 34 heavy (non-hydrogen) atoms. The highest BCUT2D eigenvalue weighted by Gasteiger charge is 2.29. The van der Waals surface area contributed by atoms with Crippen LogP contribution in [0.2, 0.25) is 0 Å². The summed E-state index contributed by atoms with van der Waals surface area (Å²) in [5, 5.41) is 5.71. The lowest BCUT2D eigenvalue weighted by Gasteiger charge is -2.32. The van der Waals surface area contributed by atoms with E-state index in [-0.39, 0.29) is 24.0 Å². The van der Waals surface area contributed by atoms with Crippen molar-refractivity contribution in [3.63, 3.8) is 0 Å². The number of para-hydroxylation sites is 1. The van der Waals surface area contributed by atoms with Gasteiger partial charge in [0.25, 0.3) is 0 Å². The van der Waals surface area contributed by atoms with Crippen LogP contribution in [0.4, 0.5) is 5.82 Å². The summed E-state index contributed by atoms with van der Waals surface area (Å²) in [7, 11) is 0. The highest BCUT2D eigenvalue weighted by molar-refractivity contribution is 5.97. The number of nitrogen functional groups attached to an aromatic ring is 1. The number of hydrogen-bond acceptors (Lipinski definition) is 6. The SMILES string of the molecule is C=CC(=O)N1CCC[C@@H](n2nc(C3=CC(C)C(Oc4ccccc4)C=C3)c3c(N)ncnc32)C1. The maximum atomic E-state index is 12.2. The Morgan fingerprint density at radius 1 is 1.26 bits per heavy atom. The molecule has 1 saturated heterocycles. The maximum absolute atomic E-state index is 12.2. The molecule has 1 aliphatic carbocycles. The van der Waals surface area contributed by atoms with E-state index in [2.05, 4.69) is 35.6 Å². The minimum Gasteiger partial charge on any atom is -0.486 e. The number of amides is 1. The van der Waals surface area contributed by atoms with Gasteiger partial charge in [-0.25, -0.2) is 14.6 Å². The third kappa shape index (κ3) is 4.07. The van der Waals surface area contributed by atoms with Gasteiger partial charge in [0.15, 0.2) is 5.65 Å². The summed E-state index contributed by atoms with van der Waals surface area (Å²) in [6.45, 7) is 7.02. The number of likely N-dealkylation sites (tertiary alicyclic amines) is 1. The smallest absolute Gasteiger partial charge is 0.246 e. The van der Waals surface area contributed by atoms with Crippen LogP contribution in [0.25, 0.3) is 16.6 Å². The quantitative estimate of drug-likeness (QED) is 0.587. The molecule has 1 aromatic carbocycles. The first-order valence-electron chi connectivity index (χ1n) is 11.6. The van der Waals surface area contributed by atoms with Crippen LogP contribution >= 0.6 is 0 Å². The van der Waals surface area contributed by atoms with E-state index in [4.69, 9.17) is 15.6 Å². The average Bonchev–Trinajstić information content (AvgIpc) is 3.26. The Morgan fingerprint density at radius 3 is 2.85 bits per heavy atom. The van der Waals surface area contributed by atoms with Crippen LogP contribution < -0.4 is 10.5 Å². The zero-order chi connectivity index (χ0) is 23.7. The number of hydrogen-bond donors (Lipinski definition) is 1. The number of nitrogens with two attached hydrogens (primary N) is 1. The van der Waals surface area contributed by atoms with Crippen molar-refractivity contribution in [3.8, 4) is 5.75 Å². The lowest BCUT2D eigenvalue weighted by Crippen LogP contribution is -2.40. The minimum atomic E-state index is -0.0788. The fourth-order valence-electron chi connectivity index (χ4n) is 4.70. The number of benzene rings is 1. The summed E-state index contributed by atoms with van der Waals surface area (Å²) in [6.07, 6.45) is 10.8. The second kappa shape index (κ2) is 9.13. The first kappa shape index (κ1) is 21.9. The summed E-state index contributed by atoms with van der Waals surface area (Å²) in [6, 6.07) is 9.81. The Balaban J connectivity index is 1.48. The van der Waals surface area contributed by atoms with E-state index in [9.17, 15) is 4.79 Å². The lowest BCUT2D eigenvalue weighted by molar-refractivity contribution is -0.127. The van der Waals surface area contributed by atoms with Gasteiger partial charge < -0.3 is 15.4 Å². The Labute approximate surface area is 198 Å². The van der Waals surface area contributed by atoms with Gasteiger partial charge in [0.05, 0.1) is 11.4 Å². The molecular weight excluding hydrogens is 428 g/mol. The van der Waals surface area contributed by atoms with Gasteiger partial charge in [0.1, 0.15) is 29.7 Å². The predicted molar refractivity (Wildman–Crippen MR) is 132 cm³/mol. The Kier molecular flexibility index (Phi) is 5.88. The third-order valence-electron chi connectivity index (χ3n) is 6.46. The van der Waals surface area contributed by atoms with Gasteiger partial charge in [0, 0.05) is 19.0 Å². The molecule has 2 N–H and O–H groups in total. The van der Waals surface area contributed by atoms with Crippen molar-refractivity contribution in [2.24, 2.45) is 5.92 Å². The predicted octanol–water partition coefficient (Wildman–Crippen LogP) is 3.79. The Bertz CT molecular complexity index is 1280. The number of allylic oxidation sites excluding steroid dienone is 2. The molecule has 3 heterocycles. The fourth-order valence-corrected chi connectivity index (χ4v) is 4.70. The number of carbonyl (C=O) groups excluding carboxylic acids is 1. The van der Waals surface area contributed by atoms with Crippen LogP contribution in [0.3, 0.4) is 0 Å². The molecule has 0 saturated carbocycles. The lowest BCUT2D eigenvalue weighted by atomic mass is 9.93. The van der Waals surface area contributed by atoms with Gasteiger partial charge in [0.2, 0.25) is 5.91 Å². The molecule has 1 fully saturated rings. The molecule has 3 atom stereocenters. The van der Waals surface area contributed by atoms with Crippen molar-refractivity contribution in [1.29, 1.82) is 0 Å². The molecule has 8 nitrogen and oxygen atoms in total. The van der Waals surface area contributed by atoms with Gasteiger partial charge in [-0.2, -0.15) is 5.10 Å². The molecule has 2 aromatic heterocycles. The van der Waals surface area contributed by atoms with Crippen molar-refractivity contribution in [1.82, 2.24) is 24.6 Å². The van der Waals surface area contributed by atoms with E-state index in [1.807, 2.05) is 46.0 Å². The molecule has 2 aliphatic rings. The Morgan fingerprint density at radius 2 is 2.09 bits per heavy atom. The number of fused-ring (bicyclic) bond motifs is 1. The van der Waals surface area contributed by atoms with E-state index in [1.165, 1.54) is 12.4 Å². The average molecular weight is 457 g/mol. The van der Waals surface area contributed by atoms with E-state index in [1.54, 1.807) is 0 Å². The van der Waals surface area contributed by atoms with Crippen molar-refractivity contribution < 1.29 is 9.53 Å². The van der Waals surface area contributed by atoms with Crippen LogP contribution in [0.5, 0.6) is 5.75 Å². The maximum Gasteiger partial charge on any atom is 0.246 e. The topological polar surface area (TPSA) is 99.2 Å². The Hall–Kier alpha value is -3.94. The molecule has 0 bridgehead atoms. The normalized spacial score (nSPS) is 22.4. The van der Waals surface area contributed by atoms with E-state index < -0.39 is 0 Å². The van der Waals surface area contributed by atoms with Crippen LogP contribution in [0.15, 0.2) is 67.5 Å². The van der Waals surface area contributed by atoms with Gasteiger partial charge in [-0.15, -0.1) is 0 Å².